The van der Waals surface area contributed by atoms with Crippen molar-refractivity contribution in [3.05, 3.63) is 53.1 Å². The van der Waals surface area contributed by atoms with E-state index in [0.29, 0.717) is 48.5 Å². The number of likely N-dealkylation sites (N-methyl/N-ethyl adjacent to an activating group) is 1. The summed E-state index contributed by atoms with van der Waals surface area (Å²) in [5, 5.41) is 2.72. The lowest BCUT2D eigenvalue weighted by Crippen LogP contribution is -2.34. The minimum Gasteiger partial charge on any atom is -0.496 e. The number of amides is 1. The summed E-state index contributed by atoms with van der Waals surface area (Å²) in [7, 11) is -1.77. The van der Waals surface area contributed by atoms with Gasteiger partial charge >= 0.3 is 6.09 Å². The Morgan fingerprint density at radius 1 is 1.19 bits per heavy atom. The number of aryl methyl sites for hydroxylation is 1. The van der Waals surface area contributed by atoms with E-state index in [2.05, 4.69) is 10.0 Å². The monoisotopic (exact) mass is 463 g/mol. The molecule has 1 amide bonds. The van der Waals surface area contributed by atoms with Gasteiger partial charge in [0.25, 0.3) is 0 Å². The first kappa shape index (κ1) is 25.2. The molecule has 2 N–H and O–H groups in total. The maximum Gasteiger partial charge on any atom is 0.411 e. The lowest BCUT2D eigenvalue weighted by atomic mass is 10.1. The van der Waals surface area contributed by atoms with Crippen molar-refractivity contribution in [3.63, 3.8) is 0 Å². The number of nitrogens with zero attached hydrogens (tertiary/aromatic N) is 1. The minimum atomic E-state index is -3.23. The highest BCUT2D eigenvalue weighted by atomic mass is 32.2. The number of hydrogen-bond donors (Lipinski definition) is 2. The van der Waals surface area contributed by atoms with E-state index in [9.17, 15) is 18.0 Å². The van der Waals surface area contributed by atoms with Crippen LogP contribution < -0.4 is 19.7 Å². The van der Waals surface area contributed by atoms with Crippen molar-refractivity contribution >= 4 is 33.8 Å². The molecule has 0 atom stereocenters. The Morgan fingerprint density at radius 3 is 2.53 bits per heavy atom. The molecule has 10 heteroatoms. The van der Waals surface area contributed by atoms with E-state index in [1.54, 1.807) is 24.3 Å². The Balaban J connectivity index is 1.96. The summed E-state index contributed by atoms with van der Waals surface area (Å²) in [6.07, 6.45) is 1.22. The third-order valence-electron chi connectivity index (χ3n) is 4.73. The molecule has 0 saturated carbocycles. The number of benzene rings is 2. The molecule has 2 aromatic rings. The topological polar surface area (TPSA) is 114 Å². The van der Waals surface area contributed by atoms with Crippen molar-refractivity contribution < 1.29 is 27.5 Å². The number of methoxy groups -OCH3 is 1. The first-order valence-electron chi connectivity index (χ1n) is 10.0. The van der Waals surface area contributed by atoms with Crippen LogP contribution in [0.1, 0.15) is 28.4 Å². The summed E-state index contributed by atoms with van der Waals surface area (Å²) in [5.41, 5.74) is 3.48. The number of nitrogens with one attached hydrogen (secondary N) is 2. The van der Waals surface area contributed by atoms with Gasteiger partial charge in [0.1, 0.15) is 12.4 Å². The quantitative estimate of drug-likeness (QED) is 0.493. The van der Waals surface area contributed by atoms with Crippen LogP contribution in [-0.4, -0.2) is 53.8 Å². The Kier molecular flexibility index (Phi) is 9.03. The van der Waals surface area contributed by atoms with Crippen LogP contribution in [-0.2, 0) is 21.4 Å². The number of ether oxygens (including phenoxy) is 2. The van der Waals surface area contributed by atoms with E-state index < -0.39 is 16.1 Å². The van der Waals surface area contributed by atoms with Gasteiger partial charge in [-0.1, -0.05) is 6.07 Å². The van der Waals surface area contributed by atoms with Crippen LogP contribution >= 0.6 is 0 Å². The first-order valence-corrected chi connectivity index (χ1v) is 11.9. The number of aldehydes is 1. The zero-order chi connectivity index (χ0) is 23.7. The second-order valence-electron chi connectivity index (χ2n) is 7.14. The fourth-order valence-electron chi connectivity index (χ4n) is 3.06. The summed E-state index contributed by atoms with van der Waals surface area (Å²) in [4.78, 5) is 25.2. The number of anilines is 2. The molecule has 9 nitrogen and oxygen atoms in total. The zero-order valence-electron chi connectivity index (χ0n) is 18.7. The smallest absolute Gasteiger partial charge is 0.411 e. The number of sulfonamides is 1. The number of hydrogen-bond acceptors (Lipinski definition) is 7. The molecule has 174 valence electrons. The standard InChI is InChI=1S/C22H29N3O6S/c1-5-25(11-10-23-32(4,28)29)19-8-9-20(16(2)12-19)24-22(27)31-15-17-6-7-18(14-26)21(13-17)30-3/h6-9,12-14,23H,5,10-11,15H2,1-4H3,(H,24,27). The third-order valence-corrected chi connectivity index (χ3v) is 5.46. The number of rotatable bonds is 11. The van der Waals surface area contributed by atoms with Gasteiger partial charge in [0.2, 0.25) is 10.0 Å². The molecule has 0 unspecified atom stereocenters. The molecule has 0 radical (unpaired) electrons. The highest BCUT2D eigenvalue weighted by Gasteiger charge is 2.11. The van der Waals surface area contributed by atoms with Gasteiger partial charge in [0.15, 0.2) is 6.29 Å². The fraction of sp³-hybridized carbons (Fsp3) is 0.364. The Bertz CT molecular complexity index is 1060. The van der Waals surface area contributed by atoms with E-state index in [1.807, 2.05) is 30.9 Å². The first-order chi connectivity index (χ1) is 15.2. The van der Waals surface area contributed by atoms with Crippen LogP contribution in [0.4, 0.5) is 16.2 Å². The van der Waals surface area contributed by atoms with Crippen molar-refractivity contribution in [2.75, 3.05) is 43.2 Å². The van der Waals surface area contributed by atoms with Gasteiger partial charge in [0, 0.05) is 31.0 Å². The average molecular weight is 464 g/mol. The summed E-state index contributed by atoms with van der Waals surface area (Å²) in [6, 6.07) is 10.5. The summed E-state index contributed by atoms with van der Waals surface area (Å²) in [6.45, 7) is 5.39. The molecule has 0 saturated heterocycles. The fourth-order valence-corrected chi connectivity index (χ4v) is 3.52. The van der Waals surface area contributed by atoms with E-state index in [0.717, 1.165) is 17.5 Å². The van der Waals surface area contributed by atoms with E-state index in [4.69, 9.17) is 9.47 Å². The van der Waals surface area contributed by atoms with Crippen LogP contribution in [0.2, 0.25) is 0 Å². The zero-order valence-corrected chi connectivity index (χ0v) is 19.5. The SMILES string of the molecule is CCN(CCNS(C)(=O)=O)c1ccc(NC(=O)OCc2ccc(C=O)c(OC)c2)c(C)c1. The molecular weight excluding hydrogens is 434 g/mol. The Morgan fingerprint density at radius 2 is 1.94 bits per heavy atom. The predicted octanol–water partition coefficient (Wildman–Crippen LogP) is 2.94. The molecule has 0 aromatic heterocycles. The molecule has 0 aliphatic heterocycles. The molecule has 2 aromatic carbocycles. The van der Waals surface area contributed by atoms with Crippen molar-refractivity contribution in [3.8, 4) is 5.75 Å². The lowest BCUT2D eigenvalue weighted by molar-refractivity contribution is 0.112. The van der Waals surface area contributed by atoms with E-state index in [-0.39, 0.29) is 6.61 Å². The molecule has 0 aliphatic rings. The predicted molar refractivity (Wildman–Crippen MR) is 124 cm³/mol. The molecular formula is C22H29N3O6S. The van der Waals surface area contributed by atoms with Gasteiger partial charge in [0.05, 0.1) is 18.9 Å². The van der Waals surface area contributed by atoms with Crippen molar-refractivity contribution in [2.45, 2.75) is 20.5 Å². The van der Waals surface area contributed by atoms with E-state index >= 15 is 0 Å². The van der Waals surface area contributed by atoms with Crippen LogP contribution in [0.5, 0.6) is 5.75 Å². The molecule has 0 bridgehead atoms. The Hall–Kier alpha value is -3.11. The molecule has 32 heavy (non-hydrogen) atoms. The maximum atomic E-state index is 12.2. The average Bonchev–Trinajstić information content (AvgIpc) is 2.75. The molecule has 2 rings (SSSR count). The summed E-state index contributed by atoms with van der Waals surface area (Å²) in [5.74, 6) is 0.417. The van der Waals surface area contributed by atoms with Crippen LogP contribution in [0.25, 0.3) is 0 Å². The molecule has 0 spiro atoms. The van der Waals surface area contributed by atoms with Crippen molar-refractivity contribution in [1.29, 1.82) is 0 Å². The van der Waals surface area contributed by atoms with Crippen LogP contribution in [0.15, 0.2) is 36.4 Å². The van der Waals surface area contributed by atoms with Gasteiger partial charge in [-0.05, 0) is 55.3 Å². The minimum absolute atomic E-state index is 0.0232. The third kappa shape index (κ3) is 7.54. The van der Waals surface area contributed by atoms with Crippen molar-refractivity contribution in [1.82, 2.24) is 4.72 Å². The number of carbonyl (C=O) groups excluding carboxylic acids is 2. The van der Waals surface area contributed by atoms with Gasteiger partial charge < -0.3 is 14.4 Å². The highest BCUT2D eigenvalue weighted by Crippen LogP contribution is 2.23. The maximum absolute atomic E-state index is 12.2. The van der Waals surface area contributed by atoms with Crippen LogP contribution in [0.3, 0.4) is 0 Å². The van der Waals surface area contributed by atoms with Crippen molar-refractivity contribution in [2.24, 2.45) is 0 Å². The van der Waals surface area contributed by atoms with Gasteiger partial charge in [-0.15, -0.1) is 0 Å². The summed E-state index contributed by atoms with van der Waals surface area (Å²) < 4.78 is 35.4. The van der Waals surface area contributed by atoms with E-state index in [1.165, 1.54) is 7.11 Å². The van der Waals surface area contributed by atoms with Gasteiger partial charge in [-0.2, -0.15) is 0 Å². The van der Waals surface area contributed by atoms with Gasteiger partial charge in [-0.3, -0.25) is 10.1 Å². The second-order valence-corrected chi connectivity index (χ2v) is 8.97. The molecule has 0 heterocycles. The number of carbonyl (C=O) groups is 2. The second kappa shape index (κ2) is 11.5. The van der Waals surface area contributed by atoms with Crippen LogP contribution in [0, 0.1) is 6.92 Å². The molecule has 0 fully saturated rings. The highest BCUT2D eigenvalue weighted by molar-refractivity contribution is 7.88. The molecule has 0 aliphatic carbocycles. The lowest BCUT2D eigenvalue weighted by Gasteiger charge is -2.24. The Labute approximate surface area is 188 Å². The van der Waals surface area contributed by atoms with Gasteiger partial charge in [-0.25, -0.2) is 17.9 Å². The summed E-state index contributed by atoms with van der Waals surface area (Å²) >= 11 is 0. The largest absolute Gasteiger partial charge is 0.496 e. The normalized spacial score (nSPS) is 11.0.